The van der Waals surface area contributed by atoms with Crippen LogP contribution >= 0.6 is 11.3 Å². The summed E-state index contributed by atoms with van der Waals surface area (Å²) >= 11 is 1.63. The number of likely N-dealkylation sites (tertiary alicyclic amines) is 2. The van der Waals surface area contributed by atoms with Crippen molar-refractivity contribution < 1.29 is 9.53 Å². The van der Waals surface area contributed by atoms with Crippen LogP contribution in [-0.4, -0.2) is 68.0 Å². The molecule has 4 aromatic rings. The number of hydrogen-bond donors (Lipinski definition) is 1. The molecule has 1 aromatic heterocycles. The molecule has 5 nitrogen and oxygen atoms in total. The molecule has 39 heavy (non-hydrogen) atoms. The SMILES string of the molecule is O=C(c1ccc(NCCN2CCCC2)cc1-c1ccc(OCCN2CCCC2)cc1)c1csc2ccccc12. The largest absolute Gasteiger partial charge is 0.492 e. The van der Waals surface area contributed by atoms with E-state index < -0.39 is 0 Å². The van der Waals surface area contributed by atoms with Crippen LogP contribution in [0.5, 0.6) is 5.75 Å². The van der Waals surface area contributed by atoms with Gasteiger partial charge in [0, 0.05) is 51.9 Å². The summed E-state index contributed by atoms with van der Waals surface area (Å²) in [4.78, 5) is 18.9. The minimum Gasteiger partial charge on any atom is -0.492 e. The highest BCUT2D eigenvalue weighted by molar-refractivity contribution is 7.17. The lowest BCUT2D eigenvalue weighted by atomic mass is 9.93. The quantitative estimate of drug-likeness (QED) is 0.213. The Hall–Kier alpha value is -3.19. The minimum absolute atomic E-state index is 0.0667. The molecule has 2 saturated heterocycles. The van der Waals surface area contributed by atoms with Gasteiger partial charge in [0.2, 0.25) is 0 Å². The number of ketones is 1. The summed E-state index contributed by atoms with van der Waals surface area (Å²) in [5.41, 5.74) is 4.51. The van der Waals surface area contributed by atoms with Crippen molar-refractivity contribution in [2.45, 2.75) is 25.7 Å². The number of nitrogens with zero attached hydrogens (tertiary/aromatic N) is 2. The average Bonchev–Trinajstić information content (AvgIpc) is 3.76. The Morgan fingerprint density at radius 2 is 1.54 bits per heavy atom. The molecule has 2 fully saturated rings. The predicted octanol–water partition coefficient (Wildman–Crippen LogP) is 6.78. The molecular formula is C33H37N3O2S. The fraction of sp³-hybridized carbons (Fsp3) is 0.364. The van der Waals surface area contributed by atoms with Crippen LogP contribution in [0.25, 0.3) is 21.2 Å². The normalized spacial score (nSPS) is 16.2. The van der Waals surface area contributed by atoms with E-state index in [1.807, 2.05) is 47.8 Å². The number of carbonyl (C=O) groups excluding carboxylic acids is 1. The molecule has 202 valence electrons. The second-order valence-corrected chi connectivity index (χ2v) is 11.5. The Morgan fingerprint density at radius 1 is 0.821 bits per heavy atom. The molecule has 2 aliphatic heterocycles. The van der Waals surface area contributed by atoms with Gasteiger partial charge >= 0.3 is 0 Å². The van der Waals surface area contributed by atoms with Gasteiger partial charge < -0.3 is 15.0 Å². The summed E-state index contributed by atoms with van der Waals surface area (Å²) in [5, 5.41) is 6.62. The zero-order valence-corrected chi connectivity index (χ0v) is 23.3. The summed E-state index contributed by atoms with van der Waals surface area (Å²) < 4.78 is 7.18. The number of benzene rings is 3. The van der Waals surface area contributed by atoms with Crippen LogP contribution in [-0.2, 0) is 0 Å². The average molecular weight is 540 g/mol. The van der Waals surface area contributed by atoms with E-state index in [9.17, 15) is 4.79 Å². The third kappa shape index (κ3) is 6.19. The zero-order chi connectivity index (χ0) is 26.4. The van der Waals surface area contributed by atoms with Crippen LogP contribution in [0.4, 0.5) is 5.69 Å². The van der Waals surface area contributed by atoms with Crippen LogP contribution in [0, 0.1) is 0 Å². The van der Waals surface area contributed by atoms with Crippen LogP contribution < -0.4 is 10.1 Å². The highest BCUT2D eigenvalue weighted by Crippen LogP contribution is 2.33. The topological polar surface area (TPSA) is 44.8 Å². The van der Waals surface area contributed by atoms with Crippen molar-refractivity contribution in [3.63, 3.8) is 0 Å². The maximum absolute atomic E-state index is 13.9. The van der Waals surface area contributed by atoms with Crippen molar-refractivity contribution in [3.8, 4) is 16.9 Å². The molecule has 2 aliphatic rings. The first-order valence-corrected chi connectivity index (χ1v) is 15.2. The molecule has 0 aliphatic carbocycles. The van der Waals surface area contributed by atoms with E-state index in [1.54, 1.807) is 11.3 Å². The van der Waals surface area contributed by atoms with Crippen molar-refractivity contribution >= 4 is 32.9 Å². The predicted molar refractivity (Wildman–Crippen MR) is 162 cm³/mol. The Bertz CT molecular complexity index is 1400. The number of thiophene rings is 1. The van der Waals surface area contributed by atoms with E-state index in [1.165, 1.54) is 51.9 Å². The van der Waals surface area contributed by atoms with E-state index in [0.29, 0.717) is 6.61 Å². The van der Waals surface area contributed by atoms with Crippen molar-refractivity contribution in [1.82, 2.24) is 9.80 Å². The van der Waals surface area contributed by atoms with Crippen LogP contribution in [0.1, 0.15) is 41.6 Å². The molecular weight excluding hydrogens is 502 g/mol. The van der Waals surface area contributed by atoms with Gasteiger partial charge in [-0.25, -0.2) is 0 Å². The molecule has 6 heteroatoms. The van der Waals surface area contributed by atoms with Gasteiger partial charge in [-0.05, 0) is 99.4 Å². The zero-order valence-electron chi connectivity index (χ0n) is 22.5. The maximum atomic E-state index is 13.9. The van der Waals surface area contributed by atoms with Gasteiger partial charge in [-0.2, -0.15) is 0 Å². The number of anilines is 1. The lowest BCUT2D eigenvalue weighted by Gasteiger charge is -2.17. The van der Waals surface area contributed by atoms with Gasteiger partial charge in [0.15, 0.2) is 5.78 Å². The van der Waals surface area contributed by atoms with Crippen molar-refractivity contribution in [2.24, 2.45) is 0 Å². The molecule has 0 bridgehead atoms. The smallest absolute Gasteiger partial charge is 0.195 e. The second-order valence-electron chi connectivity index (χ2n) is 10.6. The fourth-order valence-electron chi connectivity index (χ4n) is 5.78. The van der Waals surface area contributed by atoms with Crippen molar-refractivity contribution in [3.05, 3.63) is 83.2 Å². The highest BCUT2D eigenvalue weighted by atomic mass is 32.1. The fourth-order valence-corrected chi connectivity index (χ4v) is 6.72. The van der Waals surface area contributed by atoms with Gasteiger partial charge in [0.25, 0.3) is 0 Å². The molecule has 0 saturated carbocycles. The standard InChI is InChI=1S/C33H37N3O2S/c37-33(31-24-39-32-8-2-1-7-28(31)32)29-14-11-26(34-15-20-35-16-3-4-17-35)23-30(29)25-9-12-27(13-10-25)38-22-21-36-18-5-6-19-36/h1-2,7-14,23-24,34H,3-6,15-22H2. The molecule has 0 spiro atoms. The Kier molecular flexibility index (Phi) is 8.24. The Balaban J connectivity index is 1.23. The van der Waals surface area contributed by atoms with Gasteiger partial charge in [0.1, 0.15) is 12.4 Å². The van der Waals surface area contributed by atoms with Crippen LogP contribution in [0.2, 0.25) is 0 Å². The summed E-state index contributed by atoms with van der Waals surface area (Å²) in [6.07, 6.45) is 5.19. The van der Waals surface area contributed by atoms with Gasteiger partial charge in [0.05, 0.1) is 0 Å². The highest BCUT2D eigenvalue weighted by Gasteiger charge is 2.19. The number of carbonyl (C=O) groups is 1. The number of ether oxygens (including phenoxy) is 1. The van der Waals surface area contributed by atoms with Crippen LogP contribution in [0.3, 0.4) is 0 Å². The number of fused-ring (bicyclic) bond motifs is 1. The van der Waals surface area contributed by atoms with E-state index in [4.69, 9.17) is 4.74 Å². The second kappa shape index (κ2) is 12.3. The molecule has 0 amide bonds. The molecule has 6 rings (SSSR count). The van der Waals surface area contributed by atoms with Crippen LogP contribution in [0.15, 0.2) is 72.1 Å². The molecule has 0 unspecified atom stereocenters. The van der Waals surface area contributed by atoms with E-state index in [0.717, 1.165) is 63.4 Å². The number of nitrogens with one attached hydrogen (secondary N) is 1. The van der Waals surface area contributed by atoms with E-state index >= 15 is 0 Å². The molecule has 0 atom stereocenters. The molecule has 3 heterocycles. The Labute approximate surface area is 235 Å². The summed E-state index contributed by atoms with van der Waals surface area (Å²) in [6.45, 7) is 8.36. The first-order valence-electron chi connectivity index (χ1n) is 14.3. The van der Waals surface area contributed by atoms with Gasteiger partial charge in [-0.15, -0.1) is 11.3 Å². The first kappa shape index (κ1) is 26.1. The molecule has 1 N–H and O–H groups in total. The monoisotopic (exact) mass is 539 g/mol. The van der Waals surface area contributed by atoms with Gasteiger partial charge in [-0.1, -0.05) is 30.3 Å². The van der Waals surface area contributed by atoms with E-state index in [-0.39, 0.29) is 5.78 Å². The number of hydrogen-bond acceptors (Lipinski definition) is 6. The molecule has 0 radical (unpaired) electrons. The lowest BCUT2D eigenvalue weighted by Crippen LogP contribution is -2.25. The first-order chi connectivity index (χ1) is 19.2. The lowest BCUT2D eigenvalue weighted by molar-refractivity contribution is 0.104. The minimum atomic E-state index is 0.0667. The summed E-state index contributed by atoms with van der Waals surface area (Å²) in [5.74, 6) is 0.937. The Morgan fingerprint density at radius 3 is 2.31 bits per heavy atom. The van der Waals surface area contributed by atoms with Crippen molar-refractivity contribution in [2.75, 3.05) is 57.7 Å². The third-order valence-electron chi connectivity index (χ3n) is 7.99. The summed E-state index contributed by atoms with van der Waals surface area (Å²) in [7, 11) is 0. The van der Waals surface area contributed by atoms with E-state index in [2.05, 4.69) is 39.4 Å². The maximum Gasteiger partial charge on any atom is 0.195 e. The molecule has 3 aromatic carbocycles. The third-order valence-corrected chi connectivity index (χ3v) is 8.95. The number of rotatable bonds is 11. The van der Waals surface area contributed by atoms with Gasteiger partial charge in [-0.3, -0.25) is 9.69 Å². The summed E-state index contributed by atoms with van der Waals surface area (Å²) in [6, 6.07) is 22.5. The van der Waals surface area contributed by atoms with Crippen molar-refractivity contribution in [1.29, 1.82) is 0 Å².